The molecule has 0 aliphatic carbocycles. The molecule has 12 nitrogen and oxygen atoms in total. The normalized spacial score (nSPS) is 4.29. The summed E-state index contributed by atoms with van der Waals surface area (Å²) < 4.78 is 0. The zero-order chi connectivity index (χ0) is 11.7. The van der Waals surface area contributed by atoms with Gasteiger partial charge >= 0.3 is 22.9 Å². The minimum atomic E-state index is -1.83. The van der Waals surface area contributed by atoms with E-state index in [9.17, 15) is 0 Å². The van der Waals surface area contributed by atoms with Crippen LogP contribution in [0.5, 0.6) is 0 Å². The van der Waals surface area contributed by atoms with Gasteiger partial charge in [-0.15, -0.1) is 16.0 Å². The fraction of sp³-hybridized carbons (Fsp3) is 0. The van der Waals surface area contributed by atoms with Crippen LogP contribution in [0, 0.1) is 30.3 Å². The summed E-state index contributed by atoms with van der Waals surface area (Å²) in [6.45, 7) is 0. The zero-order valence-electron chi connectivity index (χ0n) is 5.93. The van der Waals surface area contributed by atoms with E-state index in [4.69, 9.17) is 45.4 Å². The van der Waals surface area contributed by atoms with Crippen molar-refractivity contribution in [3.05, 3.63) is 30.3 Å². The van der Waals surface area contributed by atoms with Gasteiger partial charge in [0, 0.05) is 0 Å². The average Bonchev–Trinajstić information content (AvgIpc) is 1.88. The Balaban J connectivity index is -0.0000000254. The zero-order valence-corrected chi connectivity index (χ0v) is 6.97. The first-order valence-corrected chi connectivity index (χ1v) is 1.75. The van der Waals surface area contributed by atoms with Crippen LogP contribution in [-0.2, 0) is 16.8 Å². The molecule has 14 heavy (non-hydrogen) atoms. The Morgan fingerprint density at radius 1 is 0.857 bits per heavy atom. The molecular weight excluding hydrogens is 257 g/mol. The van der Waals surface area contributed by atoms with E-state index in [-0.39, 0.29) is 16.8 Å². The molecule has 0 fully saturated rings. The molecule has 0 atom stereocenters. The van der Waals surface area contributed by atoms with Gasteiger partial charge in [-0.05, 0) is 0 Å². The minimum absolute atomic E-state index is 0. The van der Waals surface area contributed by atoms with Crippen LogP contribution >= 0.6 is 0 Å². The van der Waals surface area contributed by atoms with Crippen molar-refractivity contribution in [3.63, 3.8) is 0 Å². The third kappa shape index (κ3) is 196. The standard InChI is InChI=1S/CH2O3.Co.3HNO2/c2-1(3)4;;3*2-1-3/h(H2,2,3,4);;3*(H,2,3)/q;+3;;;/p-3. The summed E-state index contributed by atoms with van der Waals surface area (Å²) in [5.41, 5.74) is 0. The summed E-state index contributed by atoms with van der Waals surface area (Å²) in [6.07, 6.45) is -1.83. The number of hydrogen-bond acceptors (Lipinski definition) is 10. The van der Waals surface area contributed by atoms with E-state index in [1.165, 1.54) is 0 Å². The summed E-state index contributed by atoms with van der Waals surface area (Å²) in [5.74, 6) is 0. The Kier molecular flexibility index (Phi) is 146. The summed E-state index contributed by atoms with van der Waals surface area (Å²) in [7, 11) is 0. The van der Waals surface area contributed by atoms with Crippen LogP contribution in [0.3, 0.4) is 0 Å². The first-order chi connectivity index (χ1) is 5.97. The van der Waals surface area contributed by atoms with Crippen LogP contribution in [0.4, 0.5) is 4.79 Å². The topological polar surface area (TPSA) is 215 Å². The van der Waals surface area contributed by atoms with Gasteiger partial charge in [-0.2, -0.15) is 0 Å². The van der Waals surface area contributed by atoms with Crippen LogP contribution in [0.2, 0.25) is 0 Å². The Morgan fingerprint density at radius 3 is 0.857 bits per heavy atom. The summed E-state index contributed by atoms with van der Waals surface area (Å²) >= 11 is 0. The van der Waals surface area contributed by atoms with Crippen molar-refractivity contribution in [2.75, 3.05) is 0 Å². The van der Waals surface area contributed by atoms with Crippen molar-refractivity contribution >= 4 is 6.16 Å². The molecule has 84 valence electrons. The van der Waals surface area contributed by atoms with E-state index in [0.717, 1.165) is 16.0 Å². The van der Waals surface area contributed by atoms with E-state index >= 15 is 0 Å². The number of rotatable bonds is 0. The third-order valence-corrected chi connectivity index (χ3v) is 0. The largest absolute Gasteiger partial charge is 3.00 e. The van der Waals surface area contributed by atoms with E-state index in [1.54, 1.807) is 0 Å². The van der Waals surface area contributed by atoms with Gasteiger partial charge in [0.15, 0.2) is 0 Å². The SMILES string of the molecule is O=C(O)O.O=N[O-].O=N[O-].O=N[O-].[Co+3]. The fourth-order valence-electron chi connectivity index (χ4n) is 0. The van der Waals surface area contributed by atoms with Crippen LogP contribution in [0.1, 0.15) is 0 Å². The van der Waals surface area contributed by atoms with Gasteiger partial charge in [-0.1, -0.05) is 0 Å². The molecule has 0 aliphatic rings. The summed E-state index contributed by atoms with van der Waals surface area (Å²) in [4.78, 5) is 32.6. The third-order valence-electron chi connectivity index (χ3n) is 0. The second-order valence-corrected chi connectivity index (χ2v) is 0.506. The molecule has 13 heteroatoms. The van der Waals surface area contributed by atoms with Crippen LogP contribution in [0.15, 0.2) is 16.0 Å². The van der Waals surface area contributed by atoms with Gasteiger partial charge in [0.1, 0.15) is 0 Å². The van der Waals surface area contributed by atoms with E-state index < -0.39 is 6.16 Å². The van der Waals surface area contributed by atoms with E-state index in [0.29, 0.717) is 0 Å². The van der Waals surface area contributed by atoms with E-state index in [1.807, 2.05) is 0 Å². The number of carboxylic acid groups (broad SMARTS) is 2. The molecule has 0 spiro atoms. The Morgan fingerprint density at radius 2 is 0.857 bits per heavy atom. The monoisotopic (exact) mass is 259 g/mol. The molecule has 0 saturated heterocycles. The number of nitrogens with zero attached hydrogens (tertiary/aromatic N) is 3. The molecule has 0 amide bonds. The van der Waals surface area contributed by atoms with Gasteiger partial charge in [0.05, 0.1) is 0 Å². The molecule has 0 aromatic heterocycles. The second-order valence-electron chi connectivity index (χ2n) is 0.506. The Labute approximate surface area is 85.2 Å². The molecule has 0 aromatic rings. The van der Waals surface area contributed by atoms with Crippen molar-refractivity contribution in [1.29, 1.82) is 0 Å². The summed E-state index contributed by atoms with van der Waals surface area (Å²) in [5, 5.41) is 40.9. The molecule has 0 rings (SSSR count). The van der Waals surface area contributed by atoms with Gasteiger partial charge in [-0.3, -0.25) is 0 Å². The maximum Gasteiger partial charge on any atom is 3.00 e. The van der Waals surface area contributed by atoms with Crippen LogP contribution < -0.4 is 0 Å². The molecule has 0 aromatic carbocycles. The maximum atomic E-state index is 8.56. The van der Waals surface area contributed by atoms with Crippen LogP contribution in [0.25, 0.3) is 0 Å². The van der Waals surface area contributed by atoms with Gasteiger partial charge < -0.3 is 40.6 Å². The van der Waals surface area contributed by atoms with Crippen molar-refractivity contribution in [1.82, 2.24) is 0 Å². The minimum Gasteiger partial charge on any atom is -0.450 e. The fourth-order valence-corrected chi connectivity index (χ4v) is 0. The van der Waals surface area contributed by atoms with Crippen molar-refractivity contribution in [3.8, 4) is 0 Å². The predicted octanol–water partition coefficient (Wildman–Crippen LogP) is 0.972. The first-order valence-electron chi connectivity index (χ1n) is 1.75. The van der Waals surface area contributed by atoms with Gasteiger partial charge in [0.2, 0.25) is 0 Å². The molecule has 0 aliphatic heterocycles. The second kappa shape index (κ2) is 69.1. The first kappa shape index (κ1) is 29.6. The number of carbonyl (C=O) groups is 1. The van der Waals surface area contributed by atoms with Crippen molar-refractivity contribution in [2.45, 2.75) is 0 Å². The molecular formula is CH2CoN3O9. The average molecular weight is 259 g/mol. The quantitative estimate of drug-likeness (QED) is 0.466. The Hall–Kier alpha value is -2.02. The molecule has 0 bridgehead atoms. The molecule has 0 saturated carbocycles. The van der Waals surface area contributed by atoms with Crippen molar-refractivity contribution in [2.24, 2.45) is 16.0 Å². The molecule has 0 heterocycles. The van der Waals surface area contributed by atoms with Gasteiger partial charge in [0.25, 0.3) is 0 Å². The molecule has 2 N–H and O–H groups in total. The van der Waals surface area contributed by atoms with Crippen LogP contribution in [-0.4, -0.2) is 16.4 Å². The smallest absolute Gasteiger partial charge is 0.450 e. The maximum absolute atomic E-state index is 8.56. The van der Waals surface area contributed by atoms with Gasteiger partial charge in [-0.25, -0.2) is 4.79 Å². The molecule has 0 unspecified atom stereocenters. The van der Waals surface area contributed by atoms with E-state index in [2.05, 4.69) is 0 Å². The predicted molar refractivity (Wildman–Crippen MR) is 38.1 cm³/mol. The Bertz CT molecular complexity index is 109. The van der Waals surface area contributed by atoms with Crippen molar-refractivity contribution < 1.29 is 31.8 Å². The number of hydrogen-bond donors (Lipinski definition) is 2. The molecule has 0 radical (unpaired) electrons. The summed E-state index contributed by atoms with van der Waals surface area (Å²) in [6, 6.07) is 0.